The Labute approximate surface area is 169 Å². The summed E-state index contributed by atoms with van der Waals surface area (Å²) in [6.07, 6.45) is 10.4. The predicted octanol–water partition coefficient (Wildman–Crippen LogP) is 5.10. The molecule has 152 valence electrons. The van der Waals surface area contributed by atoms with Crippen LogP contribution in [0.5, 0.6) is 0 Å². The van der Waals surface area contributed by atoms with E-state index in [1.54, 1.807) is 12.3 Å². The van der Waals surface area contributed by atoms with Crippen molar-refractivity contribution >= 4 is 27.8 Å². The molecule has 1 aromatic carbocycles. The Morgan fingerprint density at radius 1 is 1.10 bits per heavy atom. The molecule has 0 saturated heterocycles. The average molecular weight is 393 g/mol. The fraction of sp³-hybridized carbons (Fsp3) is 0.417. The average Bonchev–Trinajstić information content (AvgIpc) is 3.07. The van der Waals surface area contributed by atoms with Crippen LogP contribution in [0.2, 0.25) is 0 Å². The fourth-order valence-corrected chi connectivity index (χ4v) is 4.15. The summed E-state index contributed by atoms with van der Waals surface area (Å²) in [5.41, 5.74) is 4.78. The van der Waals surface area contributed by atoms with Gasteiger partial charge in [-0.2, -0.15) is 0 Å². The van der Waals surface area contributed by atoms with Crippen LogP contribution in [0.25, 0.3) is 21.9 Å². The lowest BCUT2D eigenvalue weighted by Gasteiger charge is -2.13. The van der Waals surface area contributed by atoms with Crippen LogP contribution in [-0.2, 0) is 11.2 Å². The van der Waals surface area contributed by atoms with E-state index in [-0.39, 0.29) is 18.0 Å². The molecule has 0 fully saturated rings. The number of carbonyl (C=O) groups excluding carboxylic acids is 1. The normalized spacial score (nSPS) is 14.3. The predicted molar refractivity (Wildman–Crippen MR) is 114 cm³/mol. The monoisotopic (exact) mass is 393 g/mol. The number of allylic oxidation sites excluding steroid dienone is 1. The summed E-state index contributed by atoms with van der Waals surface area (Å²) >= 11 is 0. The lowest BCUT2D eigenvalue weighted by Crippen LogP contribution is -2.26. The van der Waals surface area contributed by atoms with E-state index in [1.807, 2.05) is 19.9 Å². The van der Waals surface area contributed by atoms with E-state index >= 15 is 0 Å². The number of hydrogen-bond donors (Lipinski definition) is 1. The summed E-state index contributed by atoms with van der Waals surface area (Å²) < 4.78 is 11.0. The van der Waals surface area contributed by atoms with Crippen LogP contribution in [-0.4, -0.2) is 12.5 Å². The van der Waals surface area contributed by atoms with Crippen molar-refractivity contribution in [3.63, 3.8) is 0 Å². The molecule has 3 aromatic rings. The second-order valence-electron chi connectivity index (χ2n) is 7.96. The number of hydrogen-bond acceptors (Lipinski definition) is 4. The Hall–Kier alpha value is -2.82. The number of amides is 1. The minimum absolute atomic E-state index is 0.0264. The maximum Gasteiger partial charge on any atom is 0.339 e. The van der Waals surface area contributed by atoms with E-state index in [0.717, 1.165) is 41.2 Å². The van der Waals surface area contributed by atoms with Gasteiger partial charge in [0.2, 0.25) is 5.91 Å². The van der Waals surface area contributed by atoms with Crippen molar-refractivity contribution in [1.82, 2.24) is 5.32 Å². The van der Waals surface area contributed by atoms with Gasteiger partial charge in [0.25, 0.3) is 0 Å². The molecule has 1 N–H and O–H groups in total. The highest BCUT2D eigenvalue weighted by atomic mass is 16.4. The molecule has 0 radical (unpaired) electrons. The van der Waals surface area contributed by atoms with E-state index in [4.69, 9.17) is 8.83 Å². The van der Waals surface area contributed by atoms with Crippen LogP contribution in [0, 0.1) is 13.8 Å². The van der Waals surface area contributed by atoms with Crippen molar-refractivity contribution in [2.24, 2.45) is 0 Å². The zero-order chi connectivity index (χ0) is 20.4. The molecule has 2 heterocycles. The summed E-state index contributed by atoms with van der Waals surface area (Å²) in [4.78, 5) is 24.7. The largest absolute Gasteiger partial charge is 0.464 e. The van der Waals surface area contributed by atoms with Gasteiger partial charge >= 0.3 is 5.63 Å². The van der Waals surface area contributed by atoms with E-state index in [2.05, 4.69) is 11.4 Å². The zero-order valence-corrected chi connectivity index (χ0v) is 17.1. The van der Waals surface area contributed by atoms with Crippen LogP contribution in [0.3, 0.4) is 0 Å². The number of aryl methyl sites for hydroxylation is 2. The van der Waals surface area contributed by atoms with Gasteiger partial charge in [0, 0.05) is 35.4 Å². The van der Waals surface area contributed by atoms with E-state index in [9.17, 15) is 9.59 Å². The maximum atomic E-state index is 12.5. The lowest BCUT2D eigenvalue weighted by molar-refractivity contribution is -0.121. The maximum absolute atomic E-state index is 12.5. The molecule has 29 heavy (non-hydrogen) atoms. The molecule has 1 amide bonds. The number of nitrogens with one attached hydrogen (secondary N) is 1. The van der Waals surface area contributed by atoms with E-state index in [0.29, 0.717) is 29.7 Å². The van der Waals surface area contributed by atoms with Crippen molar-refractivity contribution in [2.45, 2.75) is 58.8 Å². The molecule has 0 bridgehead atoms. The Balaban J connectivity index is 1.45. The molecule has 1 aliphatic rings. The van der Waals surface area contributed by atoms with Gasteiger partial charge in [-0.15, -0.1) is 0 Å². The highest BCUT2D eigenvalue weighted by Gasteiger charge is 2.15. The molecule has 0 saturated carbocycles. The van der Waals surface area contributed by atoms with Gasteiger partial charge in [-0.05, 0) is 69.6 Å². The fourth-order valence-electron chi connectivity index (χ4n) is 4.15. The molecular weight excluding hydrogens is 366 g/mol. The van der Waals surface area contributed by atoms with E-state index < -0.39 is 0 Å². The van der Waals surface area contributed by atoms with Gasteiger partial charge in [0.05, 0.1) is 6.26 Å². The summed E-state index contributed by atoms with van der Waals surface area (Å²) in [7, 11) is 0. The summed E-state index contributed by atoms with van der Waals surface area (Å²) in [6, 6.07) is 3.77. The van der Waals surface area contributed by atoms with Crippen molar-refractivity contribution in [3.05, 3.63) is 57.2 Å². The minimum Gasteiger partial charge on any atom is -0.464 e. The first-order valence-corrected chi connectivity index (χ1v) is 10.4. The number of rotatable bonds is 6. The molecule has 0 aliphatic heterocycles. The molecule has 0 unspecified atom stereocenters. The smallest absolute Gasteiger partial charge is 0.339 e. The standard InChI is InChI=1S/C24H27NO4/c1-15-14-28-21-13-22-20(12-19(15)21)16(2)18(24(27)29-22)8-9-23(26)25-11-10-17-6-4-3-5-7-17/h6,12-14H,3-5,7-11H2,1-2H3,(H,25,26). The summed E-state index contributed by atoms with van der Waals surface area (Å²) in [5, 5.41) is 4.88. The summed E-state index contributed by atoms with van der Waals surface area (Å²) in [6.45, 7) is 4.57. The Bertz CT molecular complexity index is 1150. The third kappa shape index (κ3) is 4.14. The van der Waals surface area contributed by atoms with Crippen LogP contribution >= 0.6 is 0 Å². The third-order valence-electron chi connectivity index (χ3n) is 5.93. The van der Waals surface area contributed by atoms with Gasteiger partial charge in [0.1, 0.15) is 11.2 Å². The molecule has 5 nitrogen and oxygen atoms in total. The number of carbonyl (C=O) groups is 1. The van der Waals surface area contributed by atoms with Crippen molar-refractivity contribution in [3.8, 4) is 0 Å². The quantitative estimate of drug-likeness (QED) is 0.467. The van der Waals surface area contributed by atoms with Gasteiger partial charge < -0.3 is 14.2 Å². The molecule has 1 aliphatic carbocycles. The number of benzene rings is 1. The van der Waals surface area contributed by atoms with E-state index in [1.165, 1.54) is 18.4 Å². The second kappa shape index (κ2) is 8.27. The zero-order valence-electron chi connectivity index (χ0n) is 17.1. The Morgan fingerprint density at radius 3 is 2.76 bits per heavy atom. The van der Waals surface area contributed by atoms with Gasteiger partial charge in [-0.25, -0.2) is 4.79 Å². The molecular formula is C24H27NO4. The van der Waals surface area contributed by atoms with Crippen LogP contribution in [0.1, 0.15) is 55.2 Å². The first-order chi connectivity index (χ1) is 14.0. The van der Waals surface area contributed by atoms with Crippen LogP contribution in [0.4, 0.5) is 0 Å². The molecule has 0 atom stereocenters. The van der Waals surface area contributed by atoms with Gasteiger partial charge in [0.15, 0.2) is 0 Å². The lowest BCUT2D eigenvalue weighted by atomic mass is 9.97. The van der Waals surface area contributed by atoms with Crippen molar-refractivity contribution < 1.29 is 13.6 Å². The van der Waals surface area contributed by atoms with Crippen LogP contribution < -0.4 is 10.9 Å². The number of furan rings is 1. The molecule has 0 spiro atoms. The summed E-state index contributed by atoms with van der Waals surface area (Å²) in [5.74, 6) is -0.0264. The van der Waals surface area contributed by atoms with Gasteiger partial charge in [-0.1, -0.05) is 11.6 Å². The van der Waals surface area contributed by atoms with Crippen LogP contribution in [0.15, 0.2) is 43.7 Å². The minimum atomic E-state index is -0.377. The van der Waals surface area contributed by atoms with Gasteiger partial charge in [-0.3, -0.25) is 4.79 Å². The highest BCUT2D eigenvalue weighted by molar-refractivity contribution is 5.96. The van der Waals surface area contributed by atoms with Crippen molar-refractivity contribution in [2.75, 3.05) is 6.54 Å². The first kappa shape index (κ1) is 19.5. The Morgan fingerprint density at radius 2 is 1.97 bits per heavy atom. The molecule has 2 aromatic heterocycles. The molecule has 4 rings (SSSR count). The first-order valence-electron chi connectivity index (χ1n) is 10.4. The SMILES string of the molecule is Cc1coc2cc3oc(=O)c(CCC(=O)NCCC4=CCCCC4)c(C)c3cc12. The highest BCUT2D eigenvalue weighted by Crippen LogP contribution is 2.29. The second-order valence-corrected chi connectivity index (χ2v) is 7.96. The molecule has 5 heteroatoms. The number of fused-ring (bicyclic) bond motifs is 2. The Kier molecular flexibility index (Phi) is 5.56. The topological polar surface area (TPSA) is 72.5 Å². The third-order valence-corrected chi connectivity index (χ3v) is 5.93. The van der Waals surface area contributed by atoms with Crippen molar-refractivity contribution in [1.29, 1.82) is 0 Å².